The summed E-state index contributed by atoms with van der Waals surface area (Å²) in [5.74, 6) is -1.47. The van der Waals surface area contributed by atoms with Crippen LogP contribution in [-0.2, 0) is 11.3 Å². The van der Waals surface area contributed by atoms with Crippen LogP contribution < -0.4 is 5.32 Å². The van der Waals surface area contributed by atoms with Crippen LogP contribution in [0.4, 0.5) is 4.39 Å². The zero-order valence-corrected chi connectivity index (χ0v) is 17.8. The van der Waals surface area contributed by atoms with E-state index in [1.807, 2.05) is 49.4 Å². The van der Waals surface area contributed by atoms with Crippen LogP contribution in [0.15, 0.2) is 72.8 Å². The van der Waals surface area contributed by atoms with Crippen LogP contribution in [0.1, 0.15) is 45.9 Å². The summed E-state index contributed by atoms with van der Waals surface area (Å²) >= 11 is 5.98. The topological polar surface area (TPSA) is 49.4 Å². The highest BCUT2D eigenvalue weighted by Gasteiger charge is 2.43. The van der Waals surface area contributed by atoms with Crippen molar-refractivity contribution >= 4 is 23.4 Å². The number of carbonyl (C=O) groups is 2. The molecule has 0 spiro atoms. The zero-order chi connectivity index (χ0) is 22.0. The Hall–Kier alpha value is -3.18. The highest BCUT2D eigenvalue weighted by Crippen LogP contribution is 2.37. The fraction of sp³-hybridized carbons (Fsp3) is 0.200. The summed E-state index contributed by atoms with van der Waals surface area (Å²) in [4.78, 5) is 27.7. The van der Waals surface area contributed by atoms with Gasteiger partial charge in [-0.05, 0) is 40.8 Å². The van der Waals surface area contributed by atoms with Crippen molar-refractivity contribution in [3.8, 4) is 0 Å². The van der Waals surface area contributed by atoms with Gasteiger partial charge in [0, 0.05) is 18.1 Å². The smallest absolute Gasteiger partial charge is 0.258 e. The lowest BCUT2D eigenvalue weighted by Crippen LogP contribution is -2.40. The number of halogens is 2. The molecule has 0 saturated carbocycles. The van der Waals surface area contributed by atoms with E-state index in [-0.39, 0.29) is 23.9 Å². The Balaban J connectivity index is 1.60. The molecule has 2 atom stereocenters. The van der Waals surface area contributed by atoms with Crippen molar-refractivity contribution in [2.75, 3.05) is 6.54 Å². The maximum Gasteiger partial charge on any atom is 0.258 e. The van der Waals surface area contributed by atoms with Crippen LogP contribution in [0.2, 0.25) is 5.02 Å². The van der Waals surface area contributed by atoms with Crippen LogP contribution in [0, 0.1) is 5.82 Å². The molecule has 1 heterocycles. The molecule has 0 fully saturated rings. The monoisotopic (exact) mass is 436 g/mol. The number of hydrogen-bond donors (Lipinski definition) is 1. The summed E-state index contributed by atoms with van der Waals surface area (Å²) in [5, 5.41) is 3.53. The van der Waals surface area contributed by atoms with Crippen LogP contribution in [0.25, 0.3) is 0 Å². The van der Waals surface area contributed by atoms with Crippen molar-refractivity contribution < 1.29 is 14.0 Å². The van der Waals surface area contributed by atoms with E-state index in [0.717, 1.165) is 11.1 Å². The molecular formula is C25H22ClFN2O2. The summed E-state index contributed by atoms with van der Waals surface area (Å²) in [5.41, 5.74) is 2.31. The van der Waals surface area contributed by atoms with Crippen LogP contribution >= 0.6 is 11.6 Å². The molecule has 1 aliphatic heterocycles. The summed E-state index contributed by atoms with van der Waals surface area (Å²) in [6.07, 6.45) is 0. The number of fused-ring (bicyclic) bond motifs is 1. The van der Waals surface area contributed by atoms with Crippen LogP contribution in [0.5, 0.6) is 0 Å². The summed E-state index contributed by atoms with van der Waals surface area (Å²) in [7, 11) is 0. The van der Waals surface area contributed by atoms with Gasteiger partial charge in [-0.2, -0.15) is 0 Å². The first-order valence-electron chi connectivity index (χ1n) is 10.1. The van der Waals surface area contributed by atoms with Crippen LogP contribution in [-0.4, -0.2) is 23.3 Å². The van der Waals surface area contributed by atoms with Crippen molar-refractivity contribution in [3.05, 3.63) is 106 Å². The van der Waals surface area contributed by atoms with Gasteiger partial charge in [-0.1, -0.05) is 73.1 Å². The van der Waals surface area contributed by atoms with Gasteiger partial charge in [-0.15, -0.1) is 0 Å². The first-order chi connectivity index (χ1) is 15.0. The standard InChI is InChI=1S/C25H22ClFN2O2/c1-16(18-10-12-19(26)13-11-18)15-29-23(20-8-5-9-21(27)22(20)25(29)31)24(30)28-14-17-6-3-2-4-7-17/h2-13,16,23H,14-15H2,1H3,(H,28,30). The molecule has 158 valence electrons. The highest BCUT2D eigenvalue weighted by atomic mass is 35.5. The predicted molar refractivity (Wildman–Crippen MR) is 118 cm³/mol. The average Bonchev–Trinajstić information content (AvgIpc) is 3.06. The van der Waals surface area contributed by atoms with Crippen molar-refractivity contribution in [2.45, 2.75) is 25.4 Å². The van der Waals surface area contributed by atoms with Gasteiger partial charge in [-0.3, -0.25) is 9.59 Å². The second-order valence-corrected chi connectivity index (χ2v) is 8.16. The molecule has 0 bridgehead atoms. The van der Waals surface area contributed by atoms with Gasteiger partial charge < -0.3 is 10.2 Å². The van der Waals surface area contributed by atoms with E-state index in [4.69, 9.17) is 11.6 Å². The number of amides is 2. The van der Waals surface area contributed by atoms with Gasteiger partial charge in [0.05, 0.1) is 5.56 Å². The van der Waals surface area contributed by atoms with E-state index in [2.05, 4.69) is 5.32 Å². The van der Waals surface area contributed by atoms with Gasteiger partial charge in [0.2, 0.25) is 5.91 Å². The molecule has 0 aromatic heterocycles. The number of benzene rings is 3. The zero-order valence-electron chi connectivity index (χ0n) is 17.0. The minimum Gasteiger partial charge on any atom is -0.350 e. The quantitative estimate of drug-likeness (QED) is 0.584. The number of carbonyl (C=O) groups excluding carboxylic acids is 2. The molecule has 31 heavy (non-hydrogen) atoms. The lowest BCUT2D eigenvalue weighted by molar-refractivity contribution is -0.125. The lowest BCUT2D eigenvalue weighted by atomic mass is 9.99. The number of rotatable bonds is 6. The van der Waals surface area contributed by atoms with Crippen molar-refractivity contribution in [1.29, 1.82) is 0 Å². The van der Waals surface area contributed by atoms with E-state index in [1.54, 1.807) is 18.2 Å². The Morgan fingerprint density at radius 2 is 1.77 bits per heavy atom. The Morgan fingerprint density at radius 3 is 2.48 bits per heavy atom. The van der Waals surface area contributed by atoms with E-state index in [9.17, 15) is 14.0 Å². The van der Waals surface area contributed by atoms with E-state index in [0.29, 0.717) is 17.1 Å². The average molecular weight is 437 g/mol. The van der Waals surface area contributed by atoms with Crippen molar-refractivity contribution in [3.63, 3.8) is 0 Å². The second kappa shape index (κ2) is 8.90. The van der Waals surface area contributed by atoms with Crippen molar-refractivity contribution in [2.24, 2.45) is 0 Å². The van der Waals surface area contributed by atoms with E-state index in [1.165, 1.54) is 17.0 Å². The first kappa shape index (κ1) is 21.1. The van der Waals surface area contributed by atoms with E-state index >= 15 is 0 Å². The third-order valence-electron chi connectivity index (χ3n) is 5.59. The van der Waals surface area contributed by atoms with Gasteiger partial charge in [0.1, 0.15) is 11.9 Å². The molecule has 0 saturated heterocycles. The Kier molecular flexibility index (Phi) is 6.05. The van der Waals surface area contributed by atoms with Gasteiger partial charge in [0.25, 0.3) is 5.91 Å². The lowest BCUT2D eigenvalue weighted by Gasteiger charge is -2.27. The SMILES string of the molecule is CC(CN1C(=O)c2c(F)cccc2C1C(=O)NCc1ccccc1)c1ccc(Cl)cc1. The molecule has 3 aromatic rings. The summed E-state index contributed by atoms with van der Waals surface area (Å²) < 4.78 is 14.5. The molecule has 3 aromatic carbocycles. The van der Waals surface area contributed by atoms with Crippen molar-refractivity contribution in [1.82, 2.24) is 10.2 Å². The molecular weight excluding hydrogens is 415 g/mol. The van der Waals surface area contributed by atoms with Gasteiger partial charge >= 0.3 is 0 Å². The molecule has 1 aliphatic rings. The number of hydrogen-bond acceptors (Lipinski definition) is 2. The third kappa shape index (κ3) is 4.32. The summed E-state index contributed by atoms with van der Waals surface area (Å²) in [6.45, 7) is 2.57. The normalized spacial score (nSPS) is 16.2. The molecule has 0 radical (unpaired) electrons. The predicted octanol–water partition coefficient (Wildman–Crippen LogP) is 5.10. The van der Waals surface area contributed by atoms with Crippen LogP contribution in [0.3, 0.4) is 0 Å². The number of nitrogens with one attached hydrogen (secondary N) is 1. The third-order valence-corrected chi connectivity index (χ3v) is 5.85. The largest absolute Gasteiger partial charge is 0.350 e. The molecule has 6 heteroatoms. The minimum atomic E-state index is -0.878. The molecule has 2 unspecified atom stereocenters. The fourth-order valence-corrected chi connectivity index (χ4v) is 4.09. The van der Waals surface area contributed by atoms with E-state index < -0.39 is 17.8 Å². The maximum absolute atomic E-state index is 14.5. The molecule has 1 N–H and O–H groups in total. The number of nitrogens with zero attached hydrogens (tertiary/aromatic N) is 1. The summed E-state index contributed by atoms with van der Waals surface area (Å²) in [6, 6.07) is 20.4. The Morgan fingerprint density at radius 1 is 1.06 bits per heavy atom. The fourth-order valence-electron chi connectivity index (χ4n) is 3.97. The Labute approximate surface area is 185 Å². The van der Waals surface area contributed by atoms with Gasteiger partial charge in [0.15, 0.2) is 0 Å². The molecule has 4 rings (SSSR count). The molecule has 4 nitrogen and oxygen atoms in total. The minimum absolute atomic E-state index is 0.0225. The molecule has 0 aliphatic carbocycles. The highest BCUT2D eigenvalue weighted by molar-refractivity contribution is 6.30. The Bertz CT molecular complexity index is 1100. The first-order valence-corrected chi connectivity index (χ1v) is 10.5. The maximum atomic E-state index is 14.5. The second-order valence-electron chi connectivity index (χ2n) is 7.72. The molecule has 2 amide bonds. The van der Waals surface area contributed by atoms with Gasteiger partial charge in [-0.25, -0.2) is 4.39 Å².